The summed E-state index contributed by atoms with van der Waals surface area (Å²) in [5.74, 6) is 0. The summed E-state index contributed by atoms with van der Waals surface area (Å²) in [7, 11) is 0. The number of nitrogens with one attached hydrogen (secondary N) is 1. The Morgan fingerprint density at radius 2 is 2.10 bits per heavy atom. The van der Waals surface area contributed by atoms with E-state index in [9.17, 15) is 0 Å². The van der Waals surface area contributed by atoms with Crippen LogP contribution in [0, 0.1) is 0 Å². The van der Waals surface area contributed by atoms with Crippen LogP contribution < -0.4 is 5.32 Å². The van der Waals surface area contributed by atoms with E-state index in [1.54, 1.807) is 0 Å². The smallest absolute Gasteiger partial charge is 0.0881 e. The molecule has 1 fully saturated rings. The minimum Gasteiger partial charge on any atom is -0.381 e. The molecule has 1 unspecified atom stereocenters. The van der Waals surface area contributed by atoms with Gasteiger partial charge in [-0.2, -0.15) is 0 Å². The second kappa shape index (κ2) is 8.14. The summed E-state index contributed by atoms with van der Waals surface area (Å²) in [6.45, 7) is 7.43. The Morgan fingerprint density at radius 3 is 2.71 bits per heavy atom. The van der Waals surface area contributed by atoms with E-state index in [0.29, 0.717) is 0 Å². The molecule has 1 aromatic rings. The molecule has 0 aliphatic carbocycles. The zero-order chi connectivity index (χ0) is 15.1. The van der Waals surface area contributed by atoms with E-state index in [2.05, 4.69) is 25.2 Å². The quantitative estimate of drug-likeness (QED) is 0.836. The summed E-state index contributed by atoms with van der Waals surface area (Å²) < 4.78 is 11.8. The molecule has 2 rings (SSSR count). The van der Waals surface area contributed by atoms with Crippen molar-refractivity contribution in [2.45, 2.75) is 44.8 Å². The zero-order valence-electron chi connectivity index (χ0n) is 13.0. The molecular formula is C17H26ClNO2. The van der Waals surface area contributed by atoms with Gasteiger partial charge in [-0.1, -0.05) is 30.7 Å². The lowest BCUT2D eigenvalue weighted by atomic mass is 9.82. The largest absolute Gasteiger partial charge is 0.381 e. The molecular weight excluding hydrogens is 286 g/mol. The van der Waals surface area contributed by atoms with Crippen molar-refractivity contribution in [2.24, 2.45) is 0 Å². The highest BCUT2D eigenvalue weighted by Gasteiger charge is 2.40. The molecule has 21 heavy (non-hydrogen) atoms. The van der Waals surface area contributed by atoms with Crippen LogP contribution in [0.5, 0.6) is 0 Å². The van der Waals surface area contributed by atoms with Crippen LogP contribution in [0.15, 0.2) is 24.3 Å². The lowest BCUT2D eigenvalue weighted by Gasteiger charge is -2.43. The van der Waals surface area contributed by atoms with E-state index in [4.69, 9.17) is 21.1 Å². The third kappa shape index (κ3) is 4.43. The van der Waals surface area contributed by atoms with Gasteiger partial charge in [-0.05, 0) is 37.6 Å². The minimum absolute atomic E-state index is 0.134. The van der Waals surface area contributed by atoms with E-state index < -0.39 is 0 Å². The van der Waals surface area contributed by atoms with Crippen LogP contribution >= 0.6 is 11.6 Å². The third-order valence-corrected chi connectivity index (χ3v) is 4.42. The van der Waals surface area contributed by atoms with Gasteiger partial charge in [-0.15, -0.1) is 0 Å². The molecule has 118 valence electrons. The van der Waals surface area contributed by atoms with Gasteiger partial charge in [-0.3, -0.25) is 0 Å². The third-order valence-electron chi connectivity index (χ3n) is 4.19. The number of halogens is 1. The molecule has 0 bridgehead atoms. The Hall–Kier alpha value is -0.610. The van der Waals surface area contributed by atoms with Crippen molar-refractivity contribution in [1.29, 1.82) is 0 Å². The van der Waals surface area contributed by atoms with Gasteiger partial charge in [0.1, 0.15) is 0 Å². The first-order valence-corrected chi connectivity index (χ1v) is 8.27. The van der Waals surface area contributed by atoms with Crippen molar-refractivity contribution in [1.82, 2.24) is 5.32 Å². The monoisotopic (exact) mass is 311 g/mol. The summed E-state index contributed by atoms with van der Waals surface area (Å²) >= 11 is 6.12. The second-order valence-electron chi connectivity index (χ2n) is 5.55. The lowest BCUT2D eigenvalue weighted by Crippen LogP contribution is -2.56. The maximum Gasteiger partial charge on any atom is 0.0881 e. The molecule has 0 radical (unpaired) electrons. The predicted molar refractivity (Wildman–Crippen MR) is 87.0 cm³/mol. The first-order chi connectivity index (χ1) is 10.2. The first-order valence-electron chi connectivity index (χ1n) is 7.89. The Balaban J connectivity index is 2.18. The fourth-order valence-corrected chi connectivity index (χ4v) is 3.40. The number of ether oxygens (including phenoxy) is 2. The summed E-state index contributed by atoms with van der Waals surface area (Å²) in [4.78, 5) is 0. The van der Waals surface area contributed by atoms with Crippen molar-refractivity contribution >= 4 is 11.6 Å². The van der Waals surface area contributed by atoms with E-state index >= 15 is 0 Å². The summed E-state index contributed by atoms with van der Waals surface area (Å²) in [6, 6.07) is 8.39. The number of likely N-dealkylation sites (N-methyl/N-ethyl adjacent to an activating group) is 1. The molecule has 3 nitrogen and oxygen atoms in total. The highest BCUT2D eigenvalue weighted by Crippen LogP contribution is 2.31. The highest BCUT2D eigenvalue weighted by molar-refractivity contribution is 6.30. The van der Waals surface area contributed by atoms with Crippen LogP contribution in [0.4, 0.5) is 0 Å². The van der Waals surface area contributed by atoms with Gasteiger partial charge in [0.15, 0.2) is 0 Å². The van der Waals surface area contributed by atoms with E-state index in [1.807, 2.05) is 18.2 Å². The predicted octanol–water partition coefficient (Wildman–Crippen LogP) is 3.45. The van der Waals surface area contributed by atoms with Crippen LogP contribution in [-0.4, -0.2) is 38.0 Å². The Labute approximate surface area is 133 Å². The number of hydrogen-bond acceptors (Lipinski definition) is 3. The van der Waals surface area contributed by atoms with Gasteiger partial charge >= 0.3 is 0 Å². The highest BCUT2D eigenvalue weighted by atomic mass is 35.5. The molecule has 0 amide bonds. The van der Waals surface area contributed by atoms with E-state index in [0.717, 1.165) is 50.7 Å². The second-order valence-corrected chi connectivity index (χ2v) is 5.99. The fourth-order valence-electron chi connectivity index (χ4n) is 3.19. The van der Waals surface area contributed by atoms with Gasteiger partial charge < -0.3 is 14.8 Å². The minimum atomic E-state index is -0.134. The summed E-state index contributed by atoms with van der Waals surface area (Å²) in [6.07, 6.45) is 2.81. The summed E-state index contributed by atoms with van der Waals surface area (Å²) in [5.41, 5.74) is 1.12. The molecule has 0 saturated carbocycles. The summed E-state index contributed by atoms with van der Waals surface area (Å²) in [5, 5.41) is 4.41. The van der Waals surface area contributed by atoms with Gasteiger partial charge in [0.25, 0.3) is 0 Å². The normalized spacial score (nSPS) is 19.4. The van der Waals surface area contributed by atoms with Gasteiger partial charge in [-0.25, -0.2) is 0 Å². The van der Waals surface area contributed by atoms with Gasteiger partial charge in [0.05, 0.1) is 5.60 Å². The molecule has 1 aromatic carbocycles. The van der Waals surface area contributed by atoms with E-state index in [1.165, 1.54) is 5.56 Å². The number of hydrogen-bond donors (Lipinski definition) is 1. The molecule has 1 aliphatic heterocycles. The van der Waals surface area contributed by atoms with Crippen LogP contribution in [0.3, 0.4) is 0 Å². The van der Waals surface area contributed by atoms with Crippen molar-refractivity contribution in [3.05, 3.63) is 34.9 Å². The Bertz CT molecular complexity index is 427. The lowest BCUT2D eigenvalue weighted by molar-refractivity contribution is -0.126. The van der Waals surface area contributed by atoms with Crippen molar-refractivity contribution in [3.63, 3.8) is 0 Å². The average Bonchev–Trinajstić information content (AvgIpc) is 2.48. The molecule has 0 spiro atoms. The fraction of sp³-hybridized carbons (Fsp3) is 0.647. The van der Waals surface area contributed by atoms with Gasteiger partial charge in [0.2, 0.25) is 0 Å². The number of benzene rings is 1. The maximum atomic E-state index is 6.21. The van der Waals surface area contributed by atoms with Crippen LogP contribution in [0.1, 0.15) is 32.3 Å². The SMILES string of the molecule is CCNC(Cc1cccc(Cl)c1)C1(OCC)CCOCC1. The standard InChI is InChI=1S/C17H26ClNO2/c1-3-19-16(13-14-6-5-7-15(18)12-14)17(21-4-2)8-10-20-11-9-17/h5-7,12,16,19H,3-4,8-11,13H2,1-2H3. The topological polar surface area (TPSA) is 30.5 Å². The van der Waals surface area contributed by atoms with Gasteiger partial charge in [0, 0.05) is 43.7 Å². The maximum absolute atomic E-state index is 6.21. The number of rotatable bonds is 7. The van der Waals surface area contributed by atoms with Crippen LogP contribution in [0.25, 0.3) is 0 Å². The molecule has 1 saturated heterocycles. The molecule has 1 aliphatic rings. The first kappa shape index (κ1) is 16.8. The Morgan fingerprint density at radius 1 is 1.33 bits per heavy atom. The molecule has 1 heterocycles. The molecule has 1 atom stereocenters. The van der Waals surface area contributed by atoms with Crippen molar-refractivity contribution in [3.8, 4) is 0 Å². The van der Waals surface area contributed by atoms with E-state index in [-0.39, 0.29) is 11.6 Å². The van der Waals surface area contributed by atoms with Crippen LogP contribution in [0.2, 0.25) is 5.02 Å². The zero-order valence-corrected chi connectivity index (χ0v) is 13.8. The average molecular weight is 312 g/mol. The molecule has 1 N–H and O–H groups in total. The Kier molecular flexibility index (Phi) is 6.49. The van der Waals surface area contributed by atoms with Crippen LogP contribution in [-0.2, 0) is 15.9 Å². The molecule has 0 aromatic heterocycles. The molecule has 4 heteroatoms. The van der Waals surface area contributed by atoms with Crippen molar-refractivity contribution in [2.75, 3.05) is 26.4 Å². The van der Waals surface area contributed by atoms with Crippen molar-refractivity contribution < 1.29 is 9.47 Å².